The smallest absolute Gasteiger partial charge is 0.337 e. The van der Waals surface area contributed by atoms with Gasteiger partial charge in [0.25, 0.3) is 5.91 Å². The number of sulfonamides is 1. The number of nitrogens with zero attached hydrogens (tertiary/aromatic N) is 2. The molecule has 0 spiro atoms. The van der Waals surface area contributed by atoms with Crippen LogP contribution >= 0.6 is 11.3 Å². The highest BCUT2D eigenvalue weighted by Gasteiger charge is 2.23. The van der Waals surface area contributed by atoms with Crippen LogP contribution in [0.4, 0.5) is 5.13 Å². The molecular weight excluding hydrogens is 426 g/mol. The number of methoxy groups -OCH3 is 1. The van der Waals surface area contributed by atoms with Gasteiger partial charge in [0.15, 0.2) is 5.13 Å². The summed E-state index contributed by atoms with van der Waals surface area (Å²) in [5, 5.41) is 3.07. The molecule has 3 aromatic rings. The molecule has 1 aromatic heterocycles. The van der Waals surface area contributed by atoms with E-state index in [1.807, 2.05) is 0 Å². The van der Waals surface area contributed by atoms with Crippen molar-refractivity contribution in [3.8, 4) is 0 Å². The molecule has 3 rings (SSSR count). The van der Waals surface area contributed by atoms with E-state index in [0.29, 0.717) is 21.8 Å². The van der Waals surface area contributed by atoms with Crippen LogP contribution < -0.4 is 5.32 Å². The molecule has 8 nitrogen and oxygen atoms in total. The molecule has 0 atom stereocenters. The van der Waals surface area contributed by atoms with E-state index in [1.165, 1.54) is 54.1 Å². The fourth-order valence-electron chi connectivity index (χ4n) is 2.61. The first kappa shape index (κ1) is 21.9. The Morgan fingerprint density at radius 3 is 2.33 bits per heavy atom. The highest BCUT2D eigenvalue weighted by atomic mass is 32.2. The second kappa shape index (κ2) is 8.50. The van der Waals surface area contributed by atoms with Crippen molar-refractivity contribution < 1.29 is 22.7 Å². The predicted octanol–water partition coefficient (Wildman–Crippen LogP) is 3.36. The Labute approximate surface area is 178 Å². The zero-order chi connectivity index (χ0) is 22.1. The van der Waals surface area contributed by atoms with E-state index in [4.69, 9.17) is 4.74 Å². The van der Waals surface area contributed by atoms with Gasteiger partial charge in [-0.15, -0.1) is 0 Å². The minimum absolute atomic E-state index is 0.116. The van der Waals surface area contributed by atoms with Crippen molar-refractivity contribution in [2.24, 2.45) is 0 Å². The van der Waals surface area contributed by atoms with Crippen molar-refractivity contribution in [3.63, 3.8) is 0 Å². The number of anilines is 1. The molecule has 0 unspecified atom stereocenters. The van der Waals surface area contributed by atoms with E-state index >= 15 is 0 Å². The molecule has 0 saturated carbocycles. The lowest BCUT2D eigenvalue weighted by Gasteiger charge is -2.20. The number of benzene rings is 2. The molecule has 10 heteroatoms. The first-order valence-corrected chi connectivity index (χ1v) is 11.3. The van der Waals surface area contributed by atoms with E-state index in [0.717, 1.165) is 4.70 Å². The molecule has 0 aliphatic rings. The van der Waals surface area contributed by atoms with Crippen LogP contribution in [0.5, 0.6) is 0 Å². The lowest BCUT2D eigenvalue weighted by atomic mass is 10.2. The number of fused-ring (bicyclic) bond motifs is 1. The topological polar surface area (TPSA) is 106 Å². The maximum atomic E-state index is 12.5. The maximum absolute atomic E-state index is 12.5. The summed E-state index contributed by atoms with van der Waals surface area (Å²) in [6.45, 7) is 3.57. The van der Waals surface area contributed by atoms with Crippen molar-refractivity contribution in [2.75, 3.05) is 19.5 Å². The third-order valence-electron chi connectivity index (χ3n) is 4.55. The quantitative estimate of drug-likeness (QED) is 0.581. The van der Waals surface area contributed by atoms with E-state index in [9.17, 15) is 18.0 Å². The van der Waals surface area contributed by atoms with Crippen LogP contribution in [-0.2, 0) is 14.8 Å². The monoisotopic (exact) mass is 447 g/mol. The molecule has 1 N–H and O–H groups in total. The van der Waals surface area contributed by atoms with Gasteiger partial charge in [0, 0.05) is 18.7 Å². The molecule has 158 valence electrons. The van der Waals surface area contributed by atoms with E-state index < -0.39 is 21.9 Å². The molecule has 0 bridgehead atoms. The largest absolute Gasteiger partial charge is 0.465 e. The molecule has 0 radical (unpaired) electrons. The summed E-state index contributed by atoms with van der Waals surface area (Å²) in [7, 11) is -0.796. The molecule has 0 saturated heterocycles. The average molecular weight is 448 g/mol. The number of hydrogen-bond donors (Lipinski definition) is 1. The van der Waals surface area contributed by atoms with Gasteiger partial charge in [-0.05, 0) is 56.3 Å². The van der Waals surface area contributed by atoms with Gasteiger partial charge in [-0.2, -0.15) is 4.31 Å². The van der Waals surface area contributed by atoms with Crippen LogP contribution in [0.3, 0.4) is 0 Å². The van der Waals surface area contributed by atoms with E-state index in [1.54, 1.807) is 32.0 Å². The number of thiazole rings is 1. The fourth-order valence-corrected chi connectivity index (χ4v) is 4.88. The van der Waals surface area contributed by atoms with Crippen LogP contribution in [-0.4, -0.2) is 49.8 Å². The summed E-state index contributed by atoms with van der Waals surface area (Å²) < 4.78 is 31.8. The van der Waals surface area contributed by atoms with E-state index in [-0.39, 0.29) is 10.9 Å². The highest BCUT2D eigenvalue weighted by molar-refractivity contribution is 7.89. The van der Waals surface area contributed by atoms with Crippen molar-refractivity contribution in [1.29, 1.82) is 0 Å². The van der Waals surface area contributed by atoms with Crippen molar-refractivity contribution >= 4 is 48.6 Å². The minimum Gasteiger partial charge on any atom is -0.465 e. The van der Waals surface area contributed by atoms with Crippen molar-refractivity contribution in [3.05, 3.63) is 53.6 Å². The number of rotatable bonds is 6. The second-order valence-electron chi connectivity index (χ2n) is 6.79. The molecule has 0 aliphatic carbocycles. The molecule has 0 aliphatic heterocycles. The van der Waals surface area contributed by atoms with Gasteiger partial charge >= 0.3 is 5.97 Å². The summed E-state index contributed by atoms with van der Waals surface area (Å²) in [5.74, 6) is -0.863. The van der Waals surface area contributed by atoms with Crippen molar-refractivity contribution in [1.82, 2.24) is 9.29 Å². The van der Waals surface area contributed by atoms with Gasteiger partial charge in [0.1, 0.15) is 0 Å². The first-order chi connectivity index (χ1) is 14.1. The lowest BCUT2D eigenvalue weighted by Crippen LogP contribution is -2.33. The number of amides is 1. The summed E-state index contributed by atoms with van der Waals surface area (Å²) >= 11 is 1.22. The second-order valence-corrected chi connectivity index (χ2v) is 9.81. The lowest BCUT2D eigenvalue weighted by molar-refractivity contribution is 0.0600. The minimum atomic E-state index is -3.62. The summed E-state index contributed by atoms with van der Waals surface area (Å²) in [5.41, 5.74) is 1.34. The van der Waals surface area contributed by atoms with E-state index in [2.05, 4.69) is 10.3 Å². The molecule has 30 heavy (non-hydrogen) atoms. The summed E-state index contributed by atoms with van der Waals surface area (Å²) in [4.78, 5) is 28.6. The Balaban J connectivity index is 1.78. The standard InChI is InChI=1S/C20H21N3O5S2/c1-12(2)23(3)30(26,27)15-8-5-13(6-9-15)18(24)22-20-21-16-10-7-14(19(25)28-4)11-17(16)29-20/h5-12H,1-4H3,(H,21,22,24). The molecule has 1 heterocycles. The zero-order valence-electron chi connectivity index (χ0n) is 16.9. The third kappa shape index (κ3) is 4.35. The molecule has 0 fully saturated rings. The van der Waals surface area contributed by atoms with Gasteiger partial charge in [0.05, 0.1) is 27.8 Å². The number of aromatic nitrogens is 1. The number of esters is 1. The summed E-state index contributed by atoms with van der Waals surface area (Å²) in [6.07, 6.45) is 0. The average Bonchev–Trinajstić information content (AvgIpc) is 3.13. The molecule has 1 amide bonds. The van der Waals surface area contributed by atoms with Crippen LogP contribution in [0.25, 0.3) is 10.2 Å². The number of carbonyl (C=O) groups is 2. The third-order valence-corrected chi connectivity index (χ3v) is 7.53. The van der Waals surface area contributed by atoms with Gasteiger partial charge in [-0.3, -0.25) is 10.1 Å². The SMILES string of the molecule is COC(=O)c1ccc2nc(NC(=O)c3ccc(S(=O)(=O)N(C)C(C)C)cc3)sc2c1. The molecule has 2 aromatic carbocycles. The van der Waals surface area contributed by atoms with Crippen LogP contribution in [0.2, 0.25) is 0 Å². The van der Waals surface area contributed by atoms with Crippen LogP contribution in [0.15, 0.2) is 47.4 Å². The summed E-state index contributed by atoms with van der Waals surface area (Å²) in [6, 6.07) is 10.5. The Hall–Kier alpha value is -2.82. The zero-order valence-corrected chi connectivity index (χ0v) is 18.5. The van der Waals surface area contributed by atoms with Gasteiger partial charge in [-0.1, -0.05) is 11.3 Å². The van der Waals surface area contributed by atoms with Crippen molar-refractivity contribution in [2.45, 2.75) is 24.8 Å². The highest BCUT2D eigenvalue weighted by Crippen LogP contribution is 2.27. The number of ether oxygens (including phenoxy) is 1. The number of nitrogens with one attached hydrogen (secondary N) is 1. The molecular formula is C20H21N3O5S2. The number of hydrogen-bond acceptors (Lipinski definition) is 7. The Morgan fingerprint density at radius 1 is 1.10 bits per heavy atom. The predicted molar refractivity (Wildman–Crippen MR) is 115 cm³/mol. The number of carbonyl (C=O) groups excluding carboxylic acids is 2. The fraction of sp³-hybridized carbons (Fsp3) is 0.250. The van der Waals surface area contributed by atoms with Crippen LogP contribution in [0, 0.1) is 0 Å². The Bertz CT molecular complexity index is 1200. The first-order valence-electron chi connectivity index (χ1n) is 9.02. The maximum Gasteiger partial charge on any atom is 0.337 e. The van der Waals surface area contributed by atoms with Gasteiger partial charge in [-0.25, -0.2) is 18.2 Å². The normalized spacial score (nSPS) is 11.8. The Morgan fingerprint density at radius 2 is 1.73 bits per heavy atom. The van der Waals surface area contributed by atoms with Gasteiger partial charge in [0.2, 0.25) is 10.0 Å². The van der Waals surface area contributed by atoms with Crippen LogP contribution in [0.1, 0.15) is 34.6 Å². The van der Waals surface area contributed by atoms with Gasteiger partial charge < -0.3 is 4.74 Å². The Kier molecular flexibility index (Phi) is 6.20.